The van der Waals surface area contributed by atoms with Gasteiger partial charge in [0.05, 0.1) is 18.1 Å². The predicted molar refractivity (Wildman–Crippen MR) is 95.0 cm³/mol. The van der Waals surface area contributed by atoms with E-state index < -0.39 is 0 Å². The number of rotatable bonds is 4. The Kier molecular flexibility index (Phi) is 3.66. The van der Waals surface area contributed by atoms with Gasteiger partial charge in [-0.3, -0.25) is 9.59 Å². The number of nitrogens with one attached hydrogen (secondary N) is 1. The number of hydrogen-bond donors (Lipinski definition) is 1. The standard InChI is InChI=1S/C17H12N2O3S2/c1-9-4-5-13(24-9)10-8-23-17-15(10)16(21)18-14(19-17)7-11(20)12-3-2-6-22-12/h2-6,8H,7H2,1H3,(H,18,19,21). The Morgan fingerprint density at radius 1 is 1.33 bits per heavy atom. The highest BCUT2D eigenvalue weighted by molar-refractivity contribution is 7.19. The van der Waals surface area contributed by atoms with Gasteiger partial charge in [0.2, 0.25) is 5.78 Å². The smallest absolute Gasteiger partial charge is 0.260 e. The largest absolute Gasteiger partial charge is 0.461 e. The minimum absolute atomic E-state index is 0.00400. The van der Waals surface area contributed by atoms with Gasteiger partial charge < -0.3 is 9.40 Å². The molecule has 0 aliphatic rings. The van der Waals surface area contributed by atoms with Crippen LogP contribution in [0.3, 0.4) is 0 Å². The first kappa shape index (κ1) is 15.0. The summed E-state index contributed by atoms with van der Waals surface area (Å²) in [5.41, 5.74) is 0.676. The number of H-pyrrole nitrogens is 1. The number of thiophene rings is 2. The molecule has 4 heterocycles. The summed E-state index contributed by atoms with van der Waals surface area (Å²) < 4.78 is 5.08. The van der Waals surface area contributed by atoms with Crippen molar-refractivity contribution in [1.82, 2.24) is 9.97 Å². The maximum atomic E-state index is 12.5. The zero-order chi connectivity index (χ0) is 16.7. The zero-order valence-electron chi connectivity index (χ0n) is 12.7. The highest BCUT2D eigenvalue weighted by atomic mass is 32.1. The average Bonchev–Trinajstić information content (AvgIpc) is 3.26. The van der Waals surface area contributed by atoms with Gasteiger partial charge in [0.25, 0.3) is 5.56 Å². The molecule has 4 aromatic heterocycles. The second-order valence-corrected chi connectivity index (χ2v) is 7.48. The number of ketones is 1. The summed E-state index contributed by atoms with van der Waals surface area (Å²) in [4.78, 5) is 34.7. The highest BCUT2D eigenvalue weighted by Crippen LogP contribution is 2.34. The fourth-order valence-electron chi connectivity index (χ4n) is 2.51. The van der Waals surface area contributed by atoms with Crippen LogP contribution in [0.2, 0.25) is 0 Å². The maximum Gasteiger partial charge on any atom is 0.260 e. The molecule has 0 fully saturated rings. The second kappa shape index (κ2) is 5.85. The molecule has 0 spiro atoms. The van der Waals surface area contributed by atoms with Crippen molar-refractivity contribution in [2.45, 2.75) is 13.3 Å². The lowest BCUT2D eigenvalue weighted by Crippen LogP contribution is -2.14. The molecule has 4 rings (SSSR count). The number of furan rings is 1. The van der Waals surface area contributed by atoms with E-state index in [1.165, 1.54) is 22.5 Å². The van der Waals surface area contributed by atoms with Gasteiger partial charge in [-0.05, 0) is 31.2 Å². The van der Waals surface area contributed by atoms with Crippen LogP contribution in [0.1, 0.15) is 21.3 Å². The molecule has 0 atom stereocenters. The number of fused-ring (bicyclic) bond motifs is 1. The topological polar surface area (TPSA) is 76.0 Å². The molecule has 0 unspecified atom stereocenters. The molecule has 4 aromatic rings. The summed E-state index contributed by atoms with van der Waals surface area (Å²) in [6.45, 7) is 2.03. The lowest BCUT2D eigenvalue weighted by atomic mass is 10.2. The van der Waals surface area contributed by atoms with Crippen molar-refractivity contribution >= 4 is 38.7 Å². The molecule has 0 bridgehead atoms. The van der Waals surface area contributed by atoms with Crippen molar-refractivity contribution in [3.63, 3.8) is 0 Å². The summed E-state index contributed by atoms with van der Waals surface area (Å²) in [5.74, 6) is 0.400. The Balaban J connectivity index is 1.74. The number of hydrogen-bond acceptors (Lipinski definition) is 6. The SMILES string of the molecule is Cc1ccc(-c2csc3nc(CC(=O)c4ccco4)[nH]c(=O)c23)s1. The first-order chi connectivity index (χ1) is 11.6. The van der Waals surface area contributed by atoms with Crippen molar-refractivity contribution in [1.29, 1.82) is 0 Å². The third kappa shape index (κ3) is 2.61. The molecule has 24 heavy (non-hydrogen) atoms. The third-order valence-corrected chi connectivity index (χ3v) is 5.53. The van der Waals surface area contributed by atoms with Gasteiger partial charge in [0.1, 0.15) is 10.7 Å². The number of aromatic amines is 1. The normalized spacial score (nSPS) is 11.2. The van der Waals surface area contributed by atoms with Crippen LogP contribution in [0.4, 0.5) is 0 Å². The summed E-state index contributed by atoms with van der Waals surface area (Å²) in [6, 6.07) is 7.29. The van der Waals surface area contributed by atoms with E-state index in [1.807, 2.05) is 24.4 Å². The molecule has 0 saturated heterocycles. The summed E-state index contributed by atoms with van der Waals surface area (Å²) >= 11 is 3.05. The molecule has 0 aromatic carbocycles. The quantitative estimate of drug-likeness (QED) is 0.560. The Labute approximate surface area is 144 Å². The number of carbonyl (C=O) groups excluding carboxylic acids is 1. The molecule has 0 aliphatic heterocycles. The van der Waals surface area contributed by atoms with Crippen LogP contribution in [0, 0.1) is 6.92 Å². The van der Waals surface area contributed by atoms with E-state index >= 15 is 0 Å². The number of Topliss-reactive ketones (excluding diaryl/α,β-unsaturated/α-hetero) is 1. The van der Waals surface area contributed by atoms with E-state index in [-0.39, 0.29) is 23.5 Å². The Morgan fingerprint density at radius 2 is 2.21 bits per heavy atom. The van der Waals surface area contributed by atoms with Crippen molar-refractivity contribution in [3.05, 3.63) is 62.7 Å². The first-order valence-corrected chi connectivity index (χ1v) is 8.95. The Bertz CT molecular complexity index is 1090. The minimum atomic E-state index is -0.218. The van der Waals surface area contributed by atoms with Crippen molar-refractivity contribution in [2.75, 3.05) is 0 Å². The van der Waals surface area contributed by atoms with E-state index in [1.54, 1.807) is 23.5 Å². The minimum Gasteiger partial charge on any atom is -0.461 e. The van der Waals surface area contributed by atoms with Crippen molar-refractivity contribution in [2.24, 2.45) is 0 Å². The lowest BCUT2D eigenvalue weighted by molar-refractivity contribution is 0.0964. The van der Waals surface area contributed by atoms with Crippen LogP contribution < -0.4 is 5.56 Å². The second-order valence-electron chi connectivity index (χ2n) is 5.33. The van der Waals surface area contributed by atoms with E-state index in [0.717, 1.165) is 10.4 Å². The molecular weight excluding hydrogens is 344 g/mol. The molecule has 120 valence electrons. The highest BCUT2D eigenvalue weighted by Gasteiger charge is 2.16. The number of aryl methyl sites for hydroxylation is 1. The van der Waals surface area contributed by atoms with Gasteiger partial charge in [-0.25, -0.2) is 4.98 Å². The van der Waals surface area contributed by atoms with Crippen LogP contribution in [-0.4, -0.2) is 15.8 Å². The summed E-state index contributed by atoms with van der Waals surface area (Å²) in [6.07, 6.45) is 1.45. The van der Waals surface area contributed by atoms with Crippen molar-refractivity contribution < 1.29 is 9.21 Å². The molecule has 0 saturated carbocycles. The lowest BCUT2D eigenvalue weighted by Gasteiger charge is -2.00. The van der Waals surface area contributed by atoms with Gasteiger partial charge in [0, 0.05) is 20.7 Å². The van der Waals surface area contributed by atoms with Crippen LogP contribution in [0.5, 0.6) is 0 Å². The zero-order valence-corrected chi connectivity index (χ0v) is 14.3. The third-order valence-electron chi connectivity index (χ3n) is 3.62. The molecule has 0 aliphatic carbocycles. The maximum absolute atomic E-state index is 12.5. The number of nitrogens with zero attached hydrogens (tertiary/aromatic N) is 1. The summed E-state index contributed by atoms with van der Waals surface area (Å²) in [5, 5.41) is 2.52. The van der Waals surface area contributed by atoms with E-state index in [2.05, 4.69) is 9.97 Å². The number of carbonyl (C=O) groups is 1. The van der Waals surface area contributed by atoms with Gasteiger partial charge in [-0.2, -0.15) is 0 Å². The molecule has 1 N–H and O–H groups in total. The Hall–Kier alpha value is -2.51. The molecule has 0 radical (unpaired) electrons. The summed E-state index contributed by atoms with van der Waals surface area (Å²) in [7, 11) is 0. The first-order valence-electron chi connectivity index (χ1n) is 7.26. The van der Waals surface area contributed by atoms with Gasteiger partial charge in [0.15, 0.2) is 5.76 Å². The van der Waals surface area contributed by atoms with E-state index in [9.17, 15) is 9.59 Å². The average molecular weight is 356 g/mol. The number of aromatic nitrogens is 2. The monoisotopic (exact) mass is 356 g/mol. The van der Waals surface area contributed by atoms with E-state index in [0.29, 0.717) is 16.0 Å². The fraction of sp³-hybridized carbons (Fsp3) is 0.118. The van der Waals surface area contributed by atoms with Crippen LogP contribution in [0.15, 0.2) is 45.1 Å². The molecule has 5 nitrogen and oxygen atoms in total. The van der Waals surface area contributed by atoms with Crippen LogP contribution in [0.25, 0.3) is 20.7 Å². The fourth-order valence-corrected chi connectivity index (χ4v) is 4.44. The predicted octanol–water partition coefficient (Wildman–Crippen LogP) is 4.04. The molecule has 7 heteroatoms. The van der Waals surface area contributed by atoms with Crippen LogP contribution in [-0.2, 0) is 6.42 Å². The van der Waals surface area contributed by atoms with Crippen molar-refractivity contribution in [3.8, 4) is 10.4 Å². The molecule has 0 amide bonds. The molecular formula is C17H12N2O3S2. The van der Waals surface area contributed by atoms with Gasteiger partial charge >= 0.3 is 0 Å². The van der Waals surface area contributed by atoms with Gasteiger partial charge in [-0.1, -0.05) is 0 Å². The van der Waals surface area contributed by atoms with Gasteiger partial charge in [-0.15, -0.1) is 22.7 Å². The van der Waals surface area contributed by atoms with E-state index in [4.69, 9.17) is 4.42 Å². The Morgan fingerprint density at radius 3 is 2.92 bits per heavy atom. The van der Waals surface area contributed by atoms with Crippen LogP contribution >= 0.6 is 22.7 Å².